The molecule has 0 aliphatic rings. The highest BCUT2D eigenvalue weighted by atomic mass is 79.9. The fraction of sp³-hybridized carbons (Fsp3) is 0.333. The van der Waals surface area contributed by atoms with Gasteiger partial charge in [-0.1, -0.05) is 16.8 Å². The van der Waals surface area contributed by atoms with Crippen molar-refractivity contribution >= 4 is 33.2 Å². The average Bonchev–Trinajstić information content (AvgIpc) is 2.83. The molecular weight excluding hydrogens is 332 g/mol. The molecule has 19 heavy (non-hydrogen) atoms. The number of aromatic nitrogens is 3. The van der Waals surface area contributed by atoms with Crippen LogP contribution in [-0.2, 0) is 13.1 Å². The Hall–Kier alpha value is -1.11. The van der Waals surface area contributed by atoms with Gasteiger partial charge >= 0.3 is 0 Å². The molecular formula is C12H14BrClN4O. The van der Waals surface area contributed by atoms with Crippen LogP contribution in [0.1, 0.15) is 12.1 Å². The van der Waals surface area contributed by atoms with Crippen LogP contribution < -0.4 is 5.32 Å². The molecule has 2 rings (SSSR count). The second-order valence-corrected chi connectivity index (χ2v) is 5.32. The summed E-state index contributed by atoms with van der Waals surface area (Å²) in [6.45, 7) is 1.42. The van der Waals surface area contributed by atoms with Crippen LogP contribution in [0.4, 0.5) is 5.69 Å². The van der Waals surface area contributed by atoms with Gasteiger partial charge in [-0.3, -0.25) is 4.68 Å². The summed E-state index contributed by atoms with van der Waals surface area (Å²) in [6.07, 6.45) is 2.55. The van der Waals surface area contributed by atoms with Crippen LogP contribution in [0, 0.1) is 0 Å². The lowest BCUT2D eigenvalue weighted by Crippen LogP contribution is -2.01. The van der Waals surface area contributed by atoms with Crippen LogP contribution >= 0.6 is 27.5 Å². The molecule has 102 valence electrons. The van der Waals surface area contributed by atoms with Crippen LogP contribution in [-0.4, -0.2) is 26.7 Å². The molecule has 1 aromatic carbocycles. The van der Waals surface area contributed by atoms with E-state index in [9.17, 15) is 0 Å². The van der Waals surface area contributed by atoms with Crippen molar-refractivity contribution in [3.05, 3.63) is 39.6 Å². The first kappa shape index (κ1) is 14.3. The molecule has 2 aromatic rings. The maximum Gasteiger partial charge on any atom is 0.102 e. The number of anilines is 1. The van der Waals surface area contributed by atoms with Crippen LogP contribution in [0.3, 0.4) is 0 Å². The molecule has 2 N–H and O–H groups in total. The van der Waals surface area contributed by atoms with Crippen molar-refractivity contribution in [1.82, 2.24) is 15.0 Å². The van der Waals surface area contributed by atoms with Crippen molar-refractivity contribution in [1.29, 1.82) is 0 Å². The van der Waals surface area contributed by atoms with Gasteiger partial charge < -0.3 is 10.4 Å². The van der Waals surface area contributed by atoms with E-state index in [0.717, 1.165) is 15.9 Å². The molecule has 0 bridgehead atoms. The third kappa shape index (κ3) is 4.19. The van der Waals surface area contributed by atoms with Gasteiger partial charge in [-0.25, -0.2) is 0 Å². The second-order valence-electron chi connectivity index (χ2n) is 4.03. The first-order valence-electron chi connectivity index (χ1n) is 5.88. The van der Waals surface area contributed by atoms with Gasteiger partial charge in [-0.15, -0.1) is 5.10 Å². The number of benzene rings is 1. The first-order valence-corrected chi connectivity index (χ1v) is 7.05. The average molecular weight is 346 g/mol. The molecule has 0 fully saturated rings. The predicted molar refractivity (Wildman–Crippen MR) is 78.2 cm³/mol. The molecule has 5 nitrogen and oxygen atoms in total. The van der Waals surface area contributed by atoms with E-state index < -0.39 is 0 Å². The van der Waals surface area contributed by atoms with Crippen LogP contribution in [0.25, 0.3) is 0 Å². The number of aryl methyl sites for hydroxylation is 1. The van der Waals surface area contributed by atoms with Gasteiger partial charge in [0.15, 0.2) is 0 Å². The molecule has 0 amide bonds. The lowest BCUT2D eigenvalue weighted by Gasteiger charge is -2.06. The monoisotopic (exact) mass is 344 g/mol. The number of aliphatic hydroxyl groups is 1. The summed E-state index contributed by atoms with van der Waals surface area (Å²) < 4.78 is 2.64. The molecule has 0 aliphatic heterocycles. The van der Waals surface area contributed by atoms with Crippen molar-refractivity contribution in [2.24, 2.45) is 0 Å². The van der Waals surface area contributed by atoms with Gasteiger partial charge in [0.1, 0.15) is 5.69 Å². The largest absolute Gasteiger partial charge is 0.396 e. The van der Waals surface area contributed by atoms with Crippen molar-refractivity contribution in [3.8, 4) is 0 Å². The number of nitrogens with zero attached hydrogens (tertiary/aromatic N) is 3. The minimum atomic E-state index is 0.158. The summed E-state index contributed by atoms with van der Waals surface area (Å²) in [5, 5.41) is 20.7. The van der Waals surface area contributed by atoms with E-state index >= 15 is 0 Å². The van der Waals surface area contributed by atoms with Gasteiger partial charge in [-0.2, -0.15) is 0 Å². The molecule has 7 heteroatoms. The SMILES string of the molecule is OCCCn1cc(CNc2ccc(Cl)cc2Br)nn1. The van der Waals surface area contributed by atoms with Crippen molar-refractivity contribution in [3.63, 3.8) is 0 Å². The van der Waals surface area contributed by atoms with Crippen LogP contribution in [0.2, 0.25) is 5.02 Å². The minimum Gasteiger partial charge on any atom is -0.396 e. The quantitative estimate of drug-likeness (QED) is 0.845. The van der Waals surface area contributed by atoms with E-state index in [2.05, 4.69) is 31.6 Å². The Morgan fingerprint density at radius 2 is 2.26 bits per heavy atom. The highest BCUT2D eigenvalue weighted by Gasteiger charge is 2.03. The number of hydrogen-bond acceptors (Lipinski definition) is 4. The topological polar surface area (TPSA) is 63.0 Å². The van der Waals surface area contributed by atoms with Gasteiger partial charge in [0.05, 0.1) is 12.7 Å². The molecule has 0 atom stereocenters. The Balaban J connectivity index is 1.92. The lowest BCUT2D eigenvalue weighted by atomic mass is 10.3. The van der Waals surface area contributed by atoms with E-state index in [1.807, 2.05) is 24.4 Å². The number of halogens is 2. The number of aliphatic hydroxyl groups excluding tert-OH is 1. The normalized spacial score (nSPS) is 10.7. The van der Waals surface area contributed by atoms with Gasteiger partial charge in [-0.05, 0) is 40.5 Å². The Labute approximate surface area is 124 Å². The summed E-state index contributed by atoms with van der Waals surface area (Å²) in [4.78, 5) is 0. The molecule has 1 heterocycles. The van der Waals surface area contributed by atoms with Crippen LogP contribution in [0.15, 0.2) is 28.9 Å². The number of nitrogens with one attached hydrogen (secondary N) is 1. The van der Waals surface area contributed by atoms with Gasteiger partial charge in [0.25, 0.3) is 0 Å². The van der Waals surface area contributed by atoms with Crippen molar-refractivity contribution in [2.75, 3.05) is 11.9 Å². The lowest BCUT2D eigenvalue weighted by molar-refractivity contribution is 0.276. The highest BCUT2D eigenvalue weighted by Crippen LogP contribution is 2.26. The van der Waals surface area contributed by atoms with Crippen molar-refractivity contribution < 1.29 is 5.11 Å². The van der Waals surface area contributed by atoms with E-state index in [0.29, 0.717) is 24.5 Å². The van der Waals surface area contributed by atoms with E-state index in [1.54, 1.807) is 4.68 Å². The van der Waals surface area contributed by atoms with Gasteiger partial charge in [0, 0.05) is 28.3 Å². The highest BCUT2D eigenvalue weighted by molar-refractivity contribution is 9.10. The summed E-state index contributed by atoms with van der Waals surface area (Å²) in [5.41, 5.74) is 1.80. The Morgan fingerprint density at radius 3 is 3.00 bits per heavy atom. The fourth-order valence-electron chi connectivity index (χ4n) is 1.58. The summed E-state index contributed by atoms with van der Waals surface area (Å²) in [7, 11) is 0. The molecule has 0 saturated carbocycles. The zero-order valence-electron chi connectivity index (χ0n) is 10.2. The second kappa shape index (κ2) is 6.88. The van der Waals surface area contributed by atoms with Gasteiger partial charge in [0.2, 0.25) is 0 Å². The summed E-state index contributed by atoms with van der Waals surface area (Å²) in [5.74, 6) is 0. The summed E-state index contributed by atoms with van der Waals surface area (Å²) >= 11 is 9.33. The predicted octanol–water partition coefficient (Wildman–Crippen LogP) is 2.69. The molecule has 0 aliphatic carbocycles. The zero-order valence-corrected chi connectivity index (χ0v) is 12.5. The Morgan fingerprint density at radius 1 is 1.42 bits per heavy atom. The van der Waals surface area contributed by atoms with E-state index in [1.165, 1.54) is 0 Å². The van der Waals surface area contributed by atoms with E-state index in [-0.39, 0.29) is 6.61 Å². The maximum absolute atomic E-state index is 8.75. The minimum absolute atomic E-state index is 0.158. The smallest absolute Gasteiger partial charge is 0.102 e. The zero-order chi connectivity index (χ0) is 13.7. The van der Waals surface area contributed by atoms with E-state index in [4.69, 9.17) is 16.7 Å². The third-order valence-electron chi connectivity index (χ3n) is 2.52. The first-order chi connectivity index (χ1) is 9.19. The number of rotatable bonds is 6. The standard InChI is InChI=1S/C12H14BrClN4O/c13-11-6-9(14)2-3-12(11)15-7-10-8-18(17-16-10)4-1-5-19/h2-3,6,8,15,19H,1,4-5,7H2. The Kier molecular flexibility index (Phi) is 5.18. The molecule has 0 unspecified atom stereocenters. The molecule has 0 spiro atoms. The van der Waals surface area contributed by atoms with Crippen molar-refractivity contribution in [2.45, 2.75) is 19.5 Å². The maximum atomic E-state index is 8.75. The van der Waals surface area contributed by atoms with Crippen LogP contribution in [0.5, 0.6) is 0 Å². The molecule has 0 saturated heterocycles. The summed E-state index contributed by atoms with van der Waals surface area (Å²) in [6, 6.07) is 5.57. The number of hydrogen-bond donors (Lipinski definition) is 2. The molecule has 1 aromatic heterocycles. The third-order valence-corrected chi connectivity index (χ3v) is 3.41. The Bertz CT molecular complexity index is 546. The molecule has 0 radical (unpaired) electrons. The fourth-order valence-corrected chi connectivity index (χ4v) is 2.40.